The van der Waals surface area contributed by atoms with Gasteiger partial charge in [0.25, 0.3) is 0 Å². The van der Waals surface area contributed by atoms with Gasteiger partial charge in [-0.05, 0) is 42.5 Å². The minimum atomic E-state index is -0.490. The van der Waals surface area contributed by atoms with Crippen LogP contribution in [0.2, 0.25) is 0 Å². The summed E-state index contributed by atoms with van der Waals surface area (Å²) in [6.45, 7) is 0. The molecule has 0 aliphatic heterocycles. The summed E-state index contributed by atoms with van der Waals surface area (Å²) in [7, 11) is 1.29. The Bertz CT molecular complexity index is 878. The molecule has 3 aromatic rings. The average Bonchev–Trinajstić information content (AvgIpc) is 2.82. The molecule has 0 fully saturated rings. The van der Waals surface area contributed by atoms with Gasteiger partial charge < -0.3 is 9.72 Å². The molecule has 6 heteroatoms. The first-order valence-corrected chi connectivity index (χ1v) is 6.19. The second-order valence-corrected chi connectivity index (χ2v) is 4.47. The van der Waals surface area contributed by atoms with Gasteiger partial charge in [0, 0.05) is 0 Å². The number of hydrogen-bond donors (Lipinski definition) is 1. The van der Waals surface area contributed by atoms with Gasteiger partial charge in [0.05, 0.1) is 29.4 Å². The molecule has 1 aromatic heterocycles. The van der Waals surface area contributed by atoms with E-state index in [0.29, 0.717) is 22.3 Å². The van der Waals surface area contributed by atoms with Gasteiger partial charge in [-0.3, -0.25) is 4.57 Å². The van der Waals surface area contributed by atoms with E-state index in [4.69, 9.17) is 0 Å². The molecule has 0 aliphatic carbocycles. The molecule has 0 amide bonds. The molecule has 5 nitrogen and oxygen atoms in total. The van der Waals surface area contributed by atoms with Crippen molar-refractivity contribution in [3.63, 3.8) is 0 Å². The average molecular weight is 286 g/mol. The molecule has 2 aromatic carbocycles. The molecule has 0 bridgehead atoms. The van der Waals surface area contributed by atoms with Gasteiger partial charge in [-0.2, -0.15) is 0 Å². The molecule has 0 spiro atoms. The van der Waals surface area contributed by atoms with Crippen molar-refractivity contribution in [3.8, 4) is 5.69 Å². The van der Waals surface area contributed by atoms with Crippen LogP contribution in [0.5, 0.6) is 0 Å². The molecule has 0 unspecified atom stereocenters. The van der Waals surface area contributed by atoms with Crippen LogP contribution in [0.1, 0.15) is 10.4 Å². The van der Waals surface area contributed by atoms with Gasteiger partial charge in [-0.15, -0.1) is 0 Å². The van der Waals surface area contributed by atoms with Crippen LogP contribution in [0.15, 0.2) is 47.3 Å². The molecule has 21 heavy (non-hydrogen) atoms. The zero-order valence-electron chi connectivity index (χ0n) is 11.1. The highest BCUT2D eigenvalue weighted by Gasteiger charge is 2.12. The molecular formula is C15H11FN2O3. The van der Waals surface area contributed by atoms with Gasteiger partial charge in [-0.1, -0.05) is 0 Å². The Morgan fingerprint density at radius 3 is 2.57 bits per heavy atom. The number of fused-ring (bicyclic) bond motifs is 1. The Morgan fingerprint density at radius 1 is 1.19 bits per heavy atom. The summed E-state index contributed by atoms with van der Waals surface area (Å²) >= 11 is 0. The SMILES string of the molecule is COC(=O)c1ccc2[nH]c(=O)n(-c3ccc(F)cc3)c2c1. The van der Waals surface area contributed by atoms with Gasteiger partial charge in [-0.25, -0.2) is 14.0 Å². The van der Waals surface area contributed by atoms with Crippen LogP contribution in [0.4, 0.5) is 4.39 Å². The molecule has 0 saturated heterocycles. The molecular weight excluding hydrogens is 275 g/mol. The van der Waals surface area contributed by atoms with Crippen LogP contribution in [0, 0.1) is 5.82 Å². The number of aromatic nitrogens is 2. The summed E-state index contributed by atoms with van der Waals surface area (Å²) in [5, 5.41) is 0. The number of benzene rings is 2. The maximum atomic E-state index is 13.0. The monoisotopic (exact) mass is 286 g/mol. The Hall–Kier alpha value is -2.89. The fourth-order valence-corrected chi connectivity index (χ4v) is 2.19. The zero-order valence-corrected chi connectivity index (χ0v) is 11.1. The van der Waals surface area contributed by atoms with Crippen LogP contribution >= 0.6 is 0 Å². The topological polar surface area (TPSA) is 64.1 Å². The molecule has 0 radical (unpaired) electrons. The number of imidazole rings is 1. The highest BCUT2D eigenvalue weighted by molar-refractivity contribution is 5.93. The lowest BCUT2D eigenvalue weighted by Gasteiger charge is -2.04. The minimum absolute atomic E-state index is 0.333. The second-order valence-electron chi connectivity index (χ2n) is 4.47. The van der Waals surface area contributed by atoms with E-state index in [2.05, 4.69) is 9.72 Å². The van der Waals surface area contributed by atoms with Gasteiger partial charge in [0.1, 0.15) is 5.82 Å². The molecule has 0 saturated carbocycles. The number of H-pyrrole nitrogens is 1. The van der Waals surface area contributed by atoms with Crippen molar-refractivity contribution >= 4 is 17.0 Å². The minimum Gasteiger partial charge on any atom is -0.465 e. The molecule has 3 rings (SSSR count). The van der Waals surface area contributed by atoms with E-state index >= 15 is 0 Å². The summed E-state index contributed by atoms with van der Waals surface area (Å²) in [5.74, 6) is -0.877. The van der Waals surface area contributed by atoms with E-state index in [1.807, 2.05) is 0 Å². The van der Waals surface area contributed by atoms with Crippen molar-refractivity contribution in [2.75, 3.05) is 7.11 Å². The number of aromatic amines is 1. The second kappa shape index (κ2) is 4.90. The molecule has 0 aliphatic rings. The maximum absolute atomic E-state index is 13.0. The number of nitrogens with one attached hydrogen (secondary N) is 1. The first-order chi connectivity index (χ1) is 10.1. The number of halogens is 1. The van der Waals surface area contributed by atoms with Crippen LogP contribution in [-0.2, 0) is 4.74 Å². The highest BCUT2D eigenvalue weighted by atomic mass is 19.1. The summed E-state index contributed by atoms with van der Waals surface area (Å²) in [4.78, 5) is 26.3. The zero-order chi connectivity index (χ0) is 15.0. The number of carbonyl (C=O) groups excluding carboxylic acids is 1. The fraction of sp³-hybridized carbons (Fsp3) is 0.0667. The van der Waals surface area contributed by atoms with Crippen molar-refractivity contribution < 1.29 is 13.9 Å². The van der Waals surface area contributed by atoms with Gasteiger partial charge in [0.2, 0.25) is 0 Å². The van der Waals surface area contributed by atoms with Crippen LogP contribution in [-0.4, -0.2) is 22.6 Å². The Kier molecular flexibility index (Phi) is 3.06. The summed E-state index contributed by atoms with van der Waals surface area (Å²) in [6.07, 6.45) is 0. The van der Waals surface area contributed by atoms with Crippen molar-refractivity contribution in [3.05, 3.63) is 64.3 Å². The van der Waals surface area contributed by atoms with Crippen molar-refractivity contribution in [2.45, 2.75) is 0 Å². The number of nitrogens with zero attached hydrogens (tertiary/aromatic N) is 1. The van der Waals surface area contributed by atoms with E-state index < -0.39 is 5.97 Å². The lowest BCUT2D eigenvalue weighted by molar-refractivity contribution is 0.0601. The molecule has 106 valence electrons. The van der Waals surface area contributed by atoms with E-state index in [0.717, 1.165) is 0 Å². The Balaban J connectivity index is 2.26. The van der Waals surface area contributed by atoms with Crippen molar-refractivity contribution in [1.82, 2.24) is 9.55 Å². The van der Waals surface area contributed by atoms with Crippen molar-refractivity contribution in [2.24, 2.45) is 0 Å². The third kappa shape index (κ3) is 2.20. The van der Waals surface area contributed by atoms with E-state index in [-0.39, 0.29) is 11.5 Å². The van der Waals surface area contributed by atoms with E-state index in [9.17, 15) is 14.0 Å². The predicted octanol–water partition coefficient (Wildman–Crippen LogP) is 2.24. The Labute approximate surface area is 118 Å². The smallest absolute Gasteiger partial charge is 0.337 e. The first-order valence-electron chi connectivity index (χ1n) is 6.19. The van der Waals surface area contributed by atoms with Crippen molar-refractivity contribution in [1.29, 1.82) is 0 Å². The number of ether oxygens (including phenoxy) is 1. The number of methoxy groups -OCH3 is 1. The number of rotatable bonds is 2. The summed E-state index contributed by atoms with van der Waals surface area (Å²) in [5.41, 5.74) is 1.58. The lowest BCUT2D eigenvalue weighted by atomic mass is 10.2. The van der Waals surface area contributed by atoms with Gasteiger partial charge in [0.15, 0.2) is 0 Å². The van der Waals surface area contributed by atoms with E-state index in [1.54, 1.807) is 18.2 Å². The van der Waals surface area contributed by atoms with Gasteiger partial charge >= 0.3 is 11.7 Å². The fourth-order valence-electron chi connectivity index (χ4n) is 2.19. The molecule has 0 atom stereocenters. The lowest BCUT2D eigenvalue weighted by Crippen LogP contribution is -2.14. The molecule has 1 heterocycles. The molecule has 1 N–H and O–H groups in total. The quantitative estimate of drug-likeness (QED) is 0.735. The van der Waals surface area contributed by atoms with Crippen LogP contribution in [0.25, 0.3) is 16.7 Å². The van der Waals surface area contributed by atoms with E-state index in [1.165, 1.54) is 35.9 Å². The largest absolute Gasteiger partial charge is 0.465 e. The normalized spacial score (nSPS) is 10.8. The summed E-state index contributed by atoms with van der Waals surface area (Å²) < 4.78 is 19.0. The number of hydrogen-bond acceptors (Lipinski definition) is 3. The number of esters is 1. The summed E-state index contributed by atoms with van der Waals surface area (Å²) in [6, 6.07) is 10.3. The first kappa shape index (κ1) is 13.1. The third-order valence-corrected chi connectivity index (χ3v) is 3.19. The van der Waals surface area contributed by atoms with Crippen LogP contribution < -0.4 is 5.69 Å². The highest BCUT2D eigenvalue weighted by Crippen LogP contribution is 2.18. The number of carbonyl (C=O) groups is 1. The predicted molar refractivity (Wildman–Crippen MR) is 75.2 cm³/mol. The standard InChI is InChI=1S/C15H11FN2O3/c1-21-14(19)9-2-7-12-13(8-9)18(15(20)17-12)11-5-3-10(16)4-6-11/h2-8H,1H3,(H,17,20). The maximum Gasteiger partial charge on any atom is 0.337 e. The Morgan fingerprint density at radius 2 is 1.90 bits per heavy atom. The van der Waals surface area contributed by atoms with Crippen LogP contribution in [0.3, 0.4) is 0 Å². The third-order valence-electron chi connectivity index (χ3n) is 3.19.